The normalized spacial score (nSPS) is 18.9. The van der Waals surface area contributed by atoms with Crippen molar-refractivity contribution >= 4 is 15.7 Å². The lowest BCUT2D eigenvalue weighted by molar-refractivity contribution is -0.154. The number of aromatic nitrogens is 1. The SMILES string of the molecule is CC(C)(C[C@H]1C[C@H](NC(=O)c2ccc(OCC(F)(F)F)nc2)C1)S(=O)(=O)c1cccc(C(F)(F)F)c1. The number of sulfone groups is 1. The van der Waals surface area contributed by atoms with E-state index in [1.165, 1.54) is 19.9 Å². The Bertz CT molecular complexity index is 1190. The summed E-state index contributed by atoms with van der Waals surface area (Å²) in [5.74, 6) is -0.858. The van der Waals surface area contributed by atoms with Gasteiger partial charge < -0.3 is 10.1 Å². The molecule has 0 saturated heterocycles. The van der Waals surface area contributed by atoms with Crippen molar-refractivity contribution in [3.05, 3.63) is 53.7 Å². The number of carbonyl (C=O) groups excluding carboxylic acids is 1. The number of benzene rings is 1. The van der Waals surface area contributed by atoms with Gasteiger partial charge in [-0.25, -0.2) is 13.4 Å². The van der Waals surface area contributed by atoms with Gasteiger partial charge in [0.05, 0.1) is 20.8 Å². The van der Waals surface area contributed by atoms with Crippen LogP contribution in [0, 0.1) is 5.92 Å². The van der Waals surface area contributed by atoms with E-state index in [1.54, 1.807) is 0 Å². The number of alkyl halides is 6. The second-order valence-electron chi connectivity index (χ2n) is 9.29. The molecule has 0 radical (unpaired) electrons. The van der Waals surface area contributed by atoms with Gasteiger partial charge in [0.1, 0.15) is 0 Å². The Morgan fingerprint density at radius 3 is 2.31 bits per heavy atom. The molecule has 1 heterocycles. The Labute approximate surface area is 204 Å². The number of carbonyl (C=O) groups is 1. The monoisotopic (exact) mass is 538 g/mol. The van der Waals surface area contributed by atoms with E-state index in [-0.39, 0.29) is 29.8 Å². The first-order chi connectivity index (χ1) is 16.5. The van der Waals surface area contributed by atoms with Crippen LogP contribution in [0.3, 0.4) is 0 Å². The van der Waals surface area contributed by atoms with Gasteiger partial charge in [0.2, 0.25) is 5.88 Å². The van der Waals surface area contributed by atoms with Gasteiger partial charge in [-0.05, 0) is 63.3 Å². The number of hydrogen-bond donors (Lipinski definition) is 1. The Balaban J connectivity index is 1.54. The highest BCUT2D eigenvalue weighted by molar-refractivity contribution is 7.92. The third-order valence-corrected chi connectivity index (χ3v) is 8.43. The maximum atomic E-state index is 13.1. The van der Waals surface area contributed by atoms with Crippen LogP contribution in [0.4, 0.5) is 26.3 Å². The summed E-state index contributed by atoms with van der Waals surface area (Å²) in [6, 6.07) is 5.81. The fraction of sp³-hybridized carbons (Fsp3) is 0.478. The van der Waals surface area contributed by atoms with E-state index >= 15 is 0 Å². The first kappa shape index (κ1) is 27.8. The van der Waals surface area contributed by atoms with Gasteiger partial charge in [-0.15, -0.1) is 0 Å². The minimum atomic E-state index is -4.67. The van der Waals surface area contributed by atoms with Gasteiger partial charge in [0, 0.05) is 18.3 Å². The summed E-state index contributed by atoms with van der Waals surface area (Å²) in [4.78, 5) is 15.6. The third-order valence-electron chi connectivity index (χ3n) is 5.93. The lowest BCUT2D eigenvalue weighted by Crippen LogP contribution is -2.47. The maximum Gasteiger partial charge on any atom is 0.422 e. The van der Waals surface area contributed by atoms with Crippen LogP contribution in [0.1, 0.15) is 49.0 Å². The summed E-state index contributed by atoms with van der Waals surface area (Å²) in [5, 5.41) is 2.74. The van der Waals surface area contributed by atoms with Gasteiger partial charge in [-0.1, -0.05) is 6.07 Å². The fourth-order valence-electron chi connectivity index (χ4n) is 4.01. The molecule has 1 fully saturated rings. The molecule has 0 atom stereocenters. The van der Waals surface area contributed by atoms with E-state index in [0.717, 1.165) is 30.5 Å². The maximum absolute atomic E-state index is 13.1. The molecule has 1 saturated carbocycles. The lowest BCUT2D eigenvalue weighted by Gasteiger charge is -2.40. The second-order valence-corrected chi connectivity index (χ2v) is 11.9. The molecule has 13 heteroatoms. The molecule has 1 aromatic carbocycles. The van der Waals surface area contributed by atoms with Gasteiger partial charge >= 0.3 is 12.4 Å². The average Bonchev–Trinajstić information content (AvgIpc) is 2.75. The number of rotatable bonds is 8. The highest BCUT2D eigenvalue weighted by atomic mass is 32.2. The zero-order valence-corrected chi connectivity index (χ0v) is 20.1. The Morgan fingerprint density at radius 1 is 1.08 bits per heavy atom. The standard InChI is InChI=1S/C23H24F6N2O4S/c1-21(2,36(33,34)18-5-3-4-16(10-18)23(27,28)29)11-14-8-17(9-14)31-20(32)15-6-7-19(30-12-15)35-13-22(24,25)26/h3-7,10,12,14,17H,8-9,11,13H2,1-2H3,(H,31,32)/t14-,17-. The summed E-state index contributed by atoms with van der Waals surface area (Å²) >= 11 is 0. The van der Waals surface area contributed by atoms with Crippen LogP contribution < -0.4 is 10.1 Å². The second kappa shape index (κ2) is 9.91. The fourth-order valence-corrected chi connectivity index (χ4v) is 5.64. The van der Waals surface area contributed by atoms with E-state index in [9.17, 15) is 39.6 Å². The summed E-state index contributed by atoms with van der Waals surface area (Å²) in [6.07, 6.45) is -6.98. The quantitative estimate of drug-likeness (QED) is 0.468. The third kappa shape index (κ3) is 6.68. The predicted octanol–water partition coefficient (Wildman–Crippen LogP) is 5.19. The number of nitrogens with zero attached hydrogens (tertiary/aromatic N) is 1. The van der Waals surface area contributed by atoms with Crippen molar-refractivity contribution in [2.75, 3.05) is 6.61 Å². The van der Waals surface area contributed by atoms with E-state index in [2.05, 4.69) is 15.0 Å². The number of ether oxygens (including phenoxy) is 1. The van der Waals surface area contributed by atoms with Crippen LogP contribution in [0.25, 0.3) is 0 Å². The van der Waals surface area contributed by atoms with Crippen molar-refractivity contribution in [2.24, 2.45) is 5.92 Å². The Hall–Kier alpha value is -2.83. The summed E-state index contributed by atoms with van der Waals surface area (Å²) in [7, 11) is -4.07. The number of nitrogens with one attached hydrogen (secondary N) is 1. The van der Waals surface area contributed by atoms with E-state index in [1.807, 2.05) is 0 Å². The highest BCUT2D eigenvalue weighted by Crippen LogP contribution is 2.40. The first-order valence-electron chi connectivity index (χ1n) is 10.9. The Morgan fingerprint density at radius 2 is 1.75 bits per heavy atom. The molecule has 36 heavy (non-hydrogen) atoms. The molecule has 2 aromatic rings. The molecule has 1 N–H and O–H groups in total. The molecular formula is C23H24F6N2O4S. The molecule has 3 rings (SSSR count). The van der Waals surface area contributed by atoms with Gasteiger partial charge in [0.25, 0.3) is 5.91 Å². The smallest absolute Gasteiger partial charge is 0.422 e. The molecule has 1 aromatic heterocycles. The largest absolute Gasteiger partial charge is 0.468 e. The summed E-state index contributed by atoms with van der Waals surface area (Å²) < 4.78 is 105. The molecule has 1 amide bonds. The van der Waals surface area contributed by atoms with Gasteiger partial charge in [0.15, 0.2) is 16.4 Å². The van der Waals surface area contributed by atoms with Crippen molar-refractivity contribution in [3.8, 4) is 5.88 Å². The molecule has 0 aliphatic heterocycles. The van der Waals surface area contributed by atoms with Crippen LogP contribution in [-0.2, 0) is 16.0 Å². The van der Waals surface area contributed by atoms with E-state index < -0.39 is 49.9 Å². The predicted molar refractivity (Wildman–Crippen MR) is 117 cm³/mol. The van der Waals surface area contributed by atoms with E-state index in [0.29, 0.717) is 18.9 Å². The Kier molecular flexibility index (Phi) is 7.64. The summed E-state index contributed by atoms with van der Waals surface area (Å²) in [5.41, 5.74) is -0.925. The minimum Gasteiger partial charge on any atom is -0.468 e. The number of pyridine rings is 1. The molecule has 6 nitrogen and oxygen atoms in total. The molecule has 1 aliphatic carbocycles. The van der Waals surface area contributed by atoms with Crippen LogP contribution in [0.15, 0.2) is 47.5 Å². The van der Waals surface area contributed by atoms with Crippen molar-refractivity contribution in [3.63, 3.8) is 0 Å². The highest BCUT2D eigenvalue weighted by Gasteiger charge is 2.42. The minimum absolute atomic E-state index is 0.0813. The van der Waals surface area contributed by atoms with Crippen molar-refractivity contribution in [2.45, 2.75) is 61.1 Å². The first-order valence-corrected chi connectivity index (χ1v) is 12.3. The number of halogens is 6. The van der Waals surface area contributed by atoms with Crippen LogP contribution in [0.5, 0.6) is 5.88 Å². The molecular weight excluding hydrogens is 514 g/mol. The lowest BCUT2D eigenvalue weighted by atomic mass is 9.75. The van der Waals surface area contributed by atoms with Gasteiger partial charge in [-0.2, -0.15) is 26.3 Å². The van der Waals surface area contributed by atoms with Crippen molar-refractivity contribution < 1.29 is 44.3 Å². The van der Waals surface area contributed by atoms with Crippen LogP contribution in [0.2, 0.25) is 0 Å². The number of amides is 1. The molecule has 1 aliphatic rings. The molecule has 198 valence electrons. The van der Waals surface area contributed by atoms with Crippen molar-refractivity contribution in [1.29, 1.82) is 0 Å². The van der Waals surface area contributed by atoms with Crippen LogP contribution >= 0.6 is 0 Å². The summed E-state index contributed by atoms with van der Waals surface area (Å²) in [6.45, 7) is 1.42. The topological polar surface area (TPSA) is 85.4 Å². The zero-order valence-electron chi connectivity index (χ0n) is 19.3. The van der Waals surface area contributed by atoms with Gasteiger partial charge in [-0.3, -0.25) is 4.79 Å². The number of hydrogen-bond acceptors (Lipinski definition) is 5. The molecule has 0 unspecified atom stereocenters. The van der Waals surface area contributed by atoms with E-state index in [4.69, 9.17) is 0 Å². The molecule has 0 bridgehead atoms. The molecule has 0 spiro atoms. The van der Waals surface area contributed by atoms with Crippen molar-refractivity contribution in [1.82, 2.24) is 10.3 Å². The van der Waals surface area contributed by atoms with Crippen LogP contribution in [-0.4, -0.2) is 42.9 Å². The zero-order chi connectivity index (χ0) is 26.9. The average molecular weight is 539 g/mol.